The Kier molecular flexibility index (Phi) is 3.97. The summed E-state index contributed by atoms with van der Waals surface area (Å²) in [4.78, 5) is 2.49. The lowest BCUT2D eigenvalue weighted by Gasteiger charge is -2.34. The summed E-state index contributed by atoms with van der Waals surface area (Å²) >= 11 is 0. The summed E-state index contributed by atoms with van der Waals surface area (Å²) in [6, 6.07) is 11.2. The summed E-state index contributed by atoms with van der Waals surface area (Å²) in [5, 5.41) is 9.47. The van der Waals surface area contributed by atoms with Gasteiger partial charge < -0.3 is 10.0 Å². The van der Waals surface area contributed by atoms with E-state index in [1.807, 2.05) is 0 Å². The molecule has 1 aromatic rings. The second-order valence-electron chi connectivity index (χ2n) is 4.81. The van der Waals surface area contributed by atoms with Crippen molar-refractivity contribution < 1.29 is 5.11 Å². The highest BCUT2D eigenvalue weighted by Crippen LogP contribution is 2.15. The number of nitrogens with zero attached hydrogens (tertiary/aromatic N) is 1. The maximum Gasteiger partial charge on any atom is 0.0564 e. The van der Waals surface area contributed by atoms with Crippen LogP contribution in [0.25, 0.3) is 0 Å². The molecule has 0 saturated carbocycles. The zero-order valence-electron chi connectivity index (χ0n) is 9.97. The summed E-state index contributed by atoms with van der Waals surface area (Å²) in [7, 11) is 0. The first-order valence-corrected chi connectivity index (χ1v) is 6.22. The lowest BCUT2D eigenvalue weighted by molar-refractivity contribution is 0.0648. The molecule has 0 aromatic heterocycles. The van der Waals surface area contributed by atoms with Crippen LogP contribution in [0.3, 0.4) is 0 Å². The van der Waals surface area contributed by atoms with Gasteiger partial charge in [-0.3, -0.25) is 0 Å². The molecule has 1 aliphatic heterocycles. The van der Waals surface area contributed by atoms with Gasteiger partial charge in [-0.2, -0.15) is 0 Å². The smallest absolute Gasteiger partial charge is 0.0564 e. The van der Waals surface area contributed by atoms with Gasteiger partial charge in [0.05, 0.1) is 6.10 Å². The average Bonchev–Trinajstić information content (AvgIpc) is 2.31. The van der Waals surface area contributed by atoms with Crippen molar-refractivity contribution in [1.82, 2.24) is 4.90 Å². The van der Waals surface area contributed by atoms with Gasteiger partial charge in [-0.15, -0.1) is 0 Å². The number of piperidine rings is 1. The fourth-order valence-corrected chi connectivity index (χ4v) is 2.41. The van der Waals surface area contributed by atoms with Gasteiger partial charge in [-0.25, -0.2) is 0 Å². The van der Waals surface area contributed by atoms with Crippen molar-refractivity contribution >= 4 is 0 Å². The third-order valence-corrected chi connectivity index (χ3v) is 3.50. The largest absolute Gasteiger partial charge is 0.393 e. The molecule has 0 bridgehead atoms. The maximum absolute atomic E-state index is 9.47. The third kappa shape index (κ3) is 3.06. The number of hydrogen-bond acceptors (Lipinski definition) is 2. The van der Waals surface area contributed by atoms with Crippen LogP contribution < -0.4 is 0 Å². The van der Waals surface area contributed by atoms with E-state index >= 15 is 0 Å². The van der Waals surface area contributed by atoms with Crippen LogP contribution in [-0.4, -0.2) is 35.2 Å². The lowest BCUT2D eigenvalue weighted by Crippen LogP contribution is -2.42. The molecule has 1 unspecified atom stereocenters. The average molecular weight is 219 g/mol. The molecular weight excluding hydrogens is 198 g/mol. The summed E-state index contributed by atoms with van der Waals surface area (Å²) in [6.45, 7) is 4.36. The van der Waals surface area contributed by atoms with E-state index in [9.17, 15) is 5.11 Å². The van der Waals surface area contributed by atoms with Crippen LogP contribution in [0, 0.1) is 0 Å². The molecule has 0 radical (unpaired) electrons. The van der Waals surface area contributed by atoms with Crippen LogP contribution in [0.2, 0.25) is 0 Å². The normalized spacial score (nSPS) is 20.9. The van der Waals surface area contributed by atoms with Crippen molar-refractivity contribution in [2.45, 2.75) is 38.3 Å². The Morgan fingerprint density at radius 1 is 1.25 bits per heavy atom. The molecule has 1 N–H and O–H groups in total. The number of aliphatic hydroxyl groups is 1. The van der Waals surface area contributed by atoms with Gasteiger partial charge in [0, 0.05) is 19.1 Å². The minimum atomic E-state index is -0.0693. The highest BCUT2D eigenvalue weighted by molar-refractivity contribution is 5.15. The Morgan fingerprint density at radius 3 is 2.50 bits per heavy atom. The molecule has 16 heavy (non-hydrogen) atoms. The maximum atomic E-state index is 9.47. The predicted octanol–water partition coefficient (Wildman–Crippen LogP) is 2.07. The van der Waals surface area contributed by atoms with Crippen LogP contribution in [0.15, 0.2) is 30.3 Å². The number of hydrogen-bond donors (Lipinski definition) is 1. The molecule has 2 rings (SSSR count). The van der Waals surface area contributed by atoms with Crippen LogP contribution >= 0.6 is 0 Å². The van der Waals surface area contributed by atoms with Crippen molar-refractivity contribution in [1.29, 1.82) is 0 Å². The number of likely N-dealkylation sites (tertiary alicyclic amines) is 1. The lowest BCUT2D eigenvalue weighted by atomic mass is 10.0. The quantitative estimate of drug-likeness (QED) is 0.841. The molecule has 1 aliphatic rings. The molecule has 0 aliphatic carbocycles. The Hall–Kier alpha value is -0.860. The molecule has 1 atom stereocenters. The summed E-state index contributed by atoms with van der Waals surface area (Å²) in [5.74, 6) is 0. The standard InChI is InChI=1S/C14H21NO/c1-12(11-13-5-3-2-4-6-13)15-9-7-14(16)8-10-15/h2-6,12,14,16H,7-11H2,1H3. The highest BCUT2D eigenvalue weighted by Gasteiger charge is 2.20. The Balaban J connectivity index is 1.86. The fraction of sp³-hybridized carbons (Fsp3) is 0.571. The van der Waals surface area contributed by atoms with E-state index < -0.39 is 0 Å². The Labute approximate surface area is 97.9 Å². The van der Waals surface area contributed by atoms with Crippen LogP contribution in [0.4, 0.5) is 0 Å². The first-order chi connectivity index (χ1) is 7.75. The van der Waals surface area contributed by atoms with E-state index in [2.05, 4.69) is 42.2 Å². The van der Waals surface area contributed by atoms with E-state index in [-0.39, 0.29) is 6.10 Å². The minimum Gasteiger partial charge on any atom is -0.393 e. The second kappa shape index (κ2) is 5.46. The van der Waals surface area contributed by atoms with Gasteiger partial charge in [0.25, 0.3) is 0 Å². The van der Waals surface area contributed by atoms with E-state index in [0.717, 1.165) is 32.4 Å². The van der Waals surface area contributed by atoms with Crippen LogP contribution in [-0.2, 0) is 6.42 Å². The predicted molar refractivity (Wildman–Crippen MR) is 66.4 cm³/mol. The monoisotopic (exact) mass is 219 g/mol. The zero-order valence-corrected chi connectivity index (χ0v) is 9.97. The Bertz CT molecular complexity index is 304. The van der Waals surface area contributed by atoms with E-state index in [1.54, 1.807) is 0 Å². The number of aliphatic hydroxyl groups excluding tert-OH is 1. The van der Waals surface area contributed by atoms with E-state index in [4.69, 9.17) is 0 Å². The molecule has 2 nitrogen and oxygen atoms in total. The van der Waals surface area contributed by atoms with Crippen LogP contribution in [0.1, 0.15) is 25.3 Å². The van der Waals surface area contributed by atoms with Gasteiger partial charge in [0.2, 0.25) is 0 Å². The topological polar surface area (TPSA) is 23.5 Å². The third-order valence-electron chi connectivity index (χ3n) is 3.50. The Morgan fingerprint density at radius 2 is 1.88 bits per heavy atom. The molecule has 1 saturated heterocycles. The molecule has 0 amide bonds. The number of benzene rings is 1. The molecule has 1 fully saturated rings. The second-order valence-corrected chi connectivity index (χ2v) is 4.81. The van der Waals surface area contributed by atoms with Gasteiger partial charge >= 0.3 is 0 Å². The van der Waals surface area contributed by atoms with Crippen molar-refractivity contribution in [3.8, 4) is 0 Å². The summed E-state index contributed by atoms with van der Waals surface area (Å²) < 4.78 is 0. The molecular formula is C14H21NO. The molecule has 1 aromatic carbocycles. The van der Waals surface area contributed by atoms with Gasteiger partial charge in [-0.05, 0) is 31.7 Å². The first kappa shape index (κ1) is 11.6. The van der Waals surface area contributed by atoms with Gasteiger partial charge in [-0.1, -0.05) is 30.3 Å². The first-order valence-electron chi connectivity index (χ1n) is 6.22. The van der Waals surface area contributed by atoms with E-state index in [0.29, 0.717) is 6.04 Å². The fourth-order valence-electron chi connectivity index (χ4n) is 2.41. The molecule has 88 valence electrons. The zero-order chi connectivity index (χ0) is 11.4. The van der Waals surface area contributed by atoms with E-state index in [1.165, 1.54) is 5.56 Å². The molecule has 1 heterocycles. The molecule has 0 spiro atoms. The summed E-state index contributed by atoms with van der Waals surface area (Å²) in [5.41, 5.74) is 1.40. The van der Waals surface area contributed by atoms with Crippen molar-refractivity contribution in [3.63, 3.8) is 0 Å². The van der Waals surface area contributed by atoms with Gasteiger partial charge in [0.15, 0.2) is 0 Å². The summed E-state index contributed by atoms with van der Waals surface area (Å²) in [6.07, 6.45) is 2.90. The number of rotatable bonds is 3. The van der Waals surface area contributed by atoms with Gasteiger partial charge in [0.1, 0.15) is 0 Å². The highest BCUT2D eigenvalue weighted by atomic mass is 16.3. The minimum absolute atomic E-state index is 0.0693. The SMILES string of the molecule is CC(Cc1ccccc1)N1CCC(O)CC1. The van der Waals surface area contributed by atoms with Crippen molar-refractivity contribution in [2.24, 2.45) is 0 Å². The van der Waals surface area contributed by atoms with Crippen molar-refractivity contribution in [3.05, 3.63) is 35.9 Å². The van der Waals surface area contributed by atoms with Crippen molar-refractivity contribution in [2.75, 3.05) is 13.1 Å². The molecule has 2 heteroatoms. The van der Waals surface area contributed by atoms with Crippen LogP contribution in [0.5, 0.6) is 0 Å².